The highest BCUT2D eigenvalue weighted by atomic mass is 16.6. The highest BCUT2D eigenvalue weighted by Crippen LogP contribution is 2.24. The summed E-state index contributed by atoms with van der Waals surface area (Å²) in [4.78, 5) is 20.5. The van der Waals surface area contributed by atoms with Crippen LogP contribution in [0.3, 0.4) is 0 Å². The Kier molecular flexibility index (Phi) is 4.97. The highest BCUT2D eigenvalue weighted by Gasteiger charge is 2.12. The molecule has 0 unspecified atom stereocenters. The highest BCUT2D eigenvalue weighted by molar-refractivity contribution is 6.32. The number of carbonyl (C=O) groups excluding carboxylic acids is 1. The molecule has 0 aliphatic rings. The van der Waals surface area contributed by atoms with Gasteiger partial charge in [0.25, 0.3) is 5.69 Å². The summed E-state index contributed by atoms with van der Waals surface area (Å²) < 4.78 is 0. The smallest absolute Gasteiger partial charge is 0.292 e. The van der Waals surface area contributed by atoms with Crippen LogP contribution in [0.25, 0.3) is 0 Å². The summed E-state index contributed by atoms with van der Waals surface area (Å²) in [5, 5.41) is 29.5. The minimum Gasteiger partial charge on any atom is -0.513 e. The zero-order valence-corrected chi connectivity index (χ0v) is 9.74. The van der Waals surface area contributed by atoms with E-state index in [4.69, 9.17) is 10.5 Å². The Balaban J connectivity index is 2.94. The molecule has 0 saturated carbocycles. The number of aliphatic hydroxyl groups excluding tert-OH is 1. The molecule has 1 rings (SSSR count). The normalized spacial score (nSPS) is 11.3. The van der Waals surface area contributed by atoms with Gasteiger partial charge in [-0.05, 0) is 18.2 Å². The number of anilines is 1. The molecule has 19 heavy (non-hydrogen) atoms. The molecule has 7 heteroatoms. The maximum atomic E-state index is 10.8. The number of nitrogens with one attached hydrogen (secondary N) is 2. The van der Waals surface area contributed by atoms with Gasteiger partial charge in [-0.3, -0.25) is 20.3 Å². The molecule has 1 aromatic carbocycles. The Morgan fingerprint density at radius 3 is 2.63 bits per heavy atom. The van der Waals surface area contributed by atoms with Crippen LogP contribution in [-0.2, 0) is 4.79 Å². The number of hydrogen-bond donors (Lipinski definition) is 3. The average Bonchev–Trinajstić information content (AvgIpc) is 2.43. The number of carbonyl (C=O) groups is 1. The lowest BCUT2D eigenvalue weighted by Gasteiger charge is -2.06. The third-order valence-corrected chi connectivity index (χ3v) is 2.09. The number of hydrogen-bond acceptors (Lipinski definition) is 6. The van der Waals surface area contributed by atoms with E-state index >= 15 is 0 Å². The molecule has 0 aliphatic carbocycles. The van der Waals surface area contributed by atoms with E-state index in [1.807, 2.05) is 0 Å². The predicted molar refractivity (Wildman–Crippen MR) is 70.4 cm³/mol. The van der Waals surface area contributed by atoms with Crippen LogP contribution in [-0.4, -0.2) is 22.0 Å². The number of rotatable bonds is 6. The van der Waals surface area contributed by atoms with Crippen LogP contribution in [0.2, 0.25) is 0 Å². The van der Waals surface area contributed by atoms with Crippen molar-refractivity contribution in [2.75, 3.05) is 5.32 Å². The van der Waals surface area contributed by atoms with E-state index in [2.05, 4.69) is 5.32 Å². The monoisotopic (exact) mass is 261 g/mol. The van der Waals surface area contributed by atoms with Crippen LogP contribution in [0, 0.1) is 15.5 Å². The molecular formula is C12H11N3O4. The van der Waals surface area contributed by atoms with Gasteiger partial charge in [0.15, 0.2) is 6.29 Å². The average molecular weight is 261 g/mol. The van der Waals surface area contributed by atoms with Crippen molar-refractivity contribution in [3.05, 3.63) is 58.5 Å². The molecule has 0 heterocycles. The number of aldehydes is 1. The SMILES string of the molecule is N=C(C=O)/C=C\C(=C/O)Nc1ccccc1[N+](=O)[O-]. The van der Waals surface area contributed by atoms with Crippen LogP contribution >= 0.6 is 0 Å². The standard InChI is InChI=1S/C12H11N3O4/c13-9(7-16)5-6-10(8-17)14-11-3-1-2-4-12(11)15(18)19/h1-8,13-14,17H/b6-5-,10-8+,13-9?. The van der Waals surface area contributed by atoms with Crippen molar-refractivity contribution >= 4 is 23.4 Å². The second-order valence-electron chi connectivity index (χ2n) is 3.39. The van der Waals surface area contributed by atoms with Gasteiger partial charge in [0, 0.05) is 6.07 Å². The van der Waals surface area contributed by atoms with Gasteiger partial charge in [-0.2, -0.15) is 0 Å². The third-order valence-electron chi connectivity index (χ3n) is 2.09. The number of nitro groups is 1. The summed E-state index contributed by atoms with van der Waals surface area (Å²) in [6.45, 7) is 0. The molecule has 0 saturated heterocycles. The van der Waals surface area contributed by atoms with Gasteiger partial charge in [-0.1, -0.05) is 12.1 Å². The Morgan fingerprint density at radius 1 is 1.37 bits per heavy atom. The maximum Gasteiger partial charge on any atom is 0.292 e. The molecule has 0 aromatic heterocycles. The Bertz CT molecular complexity index is 564. The molecule has 0 fully saturated rings. The molecule has 3 N–H and O–H groups in total. The minimum atomic E-state index is -0.561. The topological polar surface area (TPSA) is 116 Å². The van der Waals surface area contributed by atoms with Gasteiger partial charge >= 0.3 is 0 Å². The lowest BCUT2D eigenvalue weighted by molar-refractivity contribution is -0.383. The summed E-state index contributed by atoms with van der Waals surface area (Å²) in [6, 6.07) is 5.90. The number of nitro benzene ring substituents is 1. The number of nitrogens with zero attached hydrogens (tertiary/aromatic N) is 1. The quantitative estimate of drug-likeness (QED) is 0.181. The van der Waals surface area contributed by atoms with Crippen LogP contribution in [0.1, 0.15) is 0 Å². The van der Waals surface area contributed by atoms with E-state index in [1.54, 1.807) is 6.07 Å². The van der Waals surface area contributed by atoms with Crippen molar-refractivity contribution in [1.29, 1.82) is 5.41 Å². The third kappa shape index (κ3) is 4.08. The zero-order valence-electron chi connectivity index (χ0n) is 9.74. The predicted octanol–water partition coefficient (Wildman–Crippen LogP) is 2.18. The second kappa shape index (κ2) is 6.70. The van der Waals surface area contributed by atoms with Crippen LogP contribution in [0.5, 0.6) is 0 Å². The van der Waals surface area contributed by atoms with Gasteiger partial charge in [0.05, 0.1) is 16.3 Å². The molecule has 0 aliphatic heterocycles. The van der Waals surface area contributed by atoms with Crippen molar-refractivity contribution in [1.82, 2.24) is 0 Å². The summed E-state index contributed by atoms with van der Waals surface area (Å²) in [6.07, 6.45) is 3.42. The summed E-state index contributed by atoms with van der Waals surface area (Å²) >= 11 is 0. The Morgan fingerprint density at radius 2 is 2.05 bits per heavy atom. The first-order valence-corrected chi connectivity index (χ1v) is 5.15. The molecule has 0 bridgehead atoms. The minimum absolute atomic E-state index is 0.112. The lowest BCUT2D eigenvalue weighted by atomic mass is 10.2. The van der Waals surface area contributed by atoms with Gasteiger partial charge in [-0.25, -0.2) is 0 Å². The maximum absolute atomic E-state index is 10.8. The Hall–Kier alpha value is -2.96. The second-order valence-corrected chi connectivity index (χ2v) is 3.39. The lowest BCUT2D eigenvalue weighted by Crippen LogP contribution is -2.02. The first-order chi connectivity index (χ1) is 9.08. The molecule has 0 spiro atoms. The molecule has 7 nitrogen and oxygen atoms in total. The van der Waals surface area contributed by atoms with E-state index in [0.29, 0.717) is 12.5 Å². The van der Waals surface area contributed by atoms with E-state index in [1.165, 1.54) is 24.3 Å². The van der Waals surface area contributed by atoms with E-state index < -0.39 is 4.92 Å². The van der Waals surface area contributed by atoms with Crippen molar-refractivity contribution in [3.63, 3.8) is 0 Å². The zero-order chi connectivity index (χ0) is 14.3. The van der Waals surface area contributed by atoms with Crippen molar-refractivity contribution in [2.24, 2.45) is 0 Å². The number of benzene rings is 1. The van der Waals surface area contributed by atoms with E-state index in [-0.39, 0.29) is 22.8 Å². The van der Waals surface area contributed by atoms with Gasteiger partial charge in [-0.15, -0.1) is 0 Å². The molecule has 98 valence electrons. The number of aliphatic hydroxyl groups is 1. The Labute approximate surface area is 108 Å². The van der Waals surface area contributed by atoms with Crippen LogP contribution < -0.4 is 5.32 Å². The summed E-state index contributed by atoms with van der Waals surface area (Å²) in [5.41, 5.74) is -0.139. The summed E-state index contributed by atoms with van der Waals surface area (Å²) in [7, 11) is 0. The van der Waals surface area contributed by atoms with Crippen molar-refractivity contribution in [3.8, 4) is 0 Å². The molecule has 0 atom stereocenters. The van der Waals surface area contributed by atoms with Gasteiger partial charge in [0.1, 0.15) is 11.9 Å². The fourth-order valence-electron chi connectivity index (χ4n) is 1.23. The molecular weight excluding hydrogens is 250 g/mol. The fraction of sp³-hybridized carbons (Fsp3) is 0. The van der Waals surface area contributed by atoms with E-state index in [0.717, 1.165) is 6.08 Å². The van der Waals surface area contributed by atoms with Crippen molar-refractivity contribution in [2.45, 2.75) is 0 Å². The first-order valence-electron chi connectivity index (χ1n) is 5.15. The fourth-order valence-corrected chi connectivity index (χ4v) is 1.23. The molecule has 0 amide bonds. The molecule has 0 radical (unpaired) electrons. The first kappa shape index (κ1) is 14.1. The van der Waals surface area contributed by atoms with Gasteiger partial charge < -0.3 is 10.4 Å². The van der Waals surface area contributed by atoms with Crippen molar-refractivity contribution < 1.29 is 14.8 Å². The largest absolute Gasteiger partial charge is 0.513 e. The number of allylic oxidation sites excluding steroid dienone is 2. The summed E-state index contributed by atoms with van der Waals surface area (Å²) in [5.74, 6) is 0. The number of para-hydroxylation sites is 2. The van der Waals surface area contributed by atoms with Gasteiger partial charge in [0.2, 0.25) is 0 Å². The molecule has 1 aromatic rings. The van der Waals surface area contributed by atoms with Crippen LogP contribution in [0.15, 0.2) is 48.4 Å². The van der Waals surface area contributed by atoms with E-state index in [9.17, 15) is 14.9 Å². The van der Waals surface area contributed by atoms with Crippen LogP contribution in [0.4, 0.5) is 11.4 Å².